The molecule has 0 saturated carbocycles. The summed E-state index contributed by atoms with van der Waals surface area (Å²) >= 11 is 11.3. The van der Waals surface area contributed by atoms with Gasteiger partial charge in [0, 0.05) is 11.0 Å². The molecule has 31 heavy (non-hydrogen) atoms. The maximum absolute atomic E-state index is 12.5. The number of ether oxygens (including phenoxy) is 1. The fourth-order valence-electron chi connectivity index (χ4n) is 3.67. The Kier molecular flexibility index (Phi) is 8.03. The summed E-state index contributed by atoms with van der Waals surface area (Å²) in [5, 5.41) is 32.1. The zero-order valence-electron chi connectivity index (χ0n) is 16.7. The van der Waals surface area contributed by atoms with E-state index in [9.17, 15) is 25.3 Å². The van der Waals surface area contributed by atoms with E-state index in [0.717, 1.165) is 6.08 Å². The van der Waals surface area contributed by atoms with Crippen LogP contribution >= 0.6 is 23.2 Å². The molecule has 1 N–H and O–H groups in total. The number of benzene rings is 2. The van der Waals surface area contributed by atoms with Crippen molar-refractivity contribution in [1.82, 2.24) is 0 Å². The molecule has 3 atom stereocenters. The average molecular weight is 463 g/mol. The van der Waals surface area contributed by atoms with Crippen LogP contribution in [0.15, 0.2) is 65.2 Å². The van der Waals surface area contributed by atoms with E-state index in [1.807, 2.05) is 12.1 Å². The van der Waals surface area contributed by atoms with Crippen molar-refractivity contribution in [3.63, 3.8) is 0 Å². The van der Waals surface area contributed by atoms with Crippen molar-refractivity contribution < 1.29 is 19.6 Å². The zero-order chi connectivity index (χ0) is 23.2. The van der Waals surface area contributed by atoms with Crippen molar-refractivity contribution >= 4 is 29.2 Å². The third kappa shape index (κ3) is 5.16. The van der Waals surface area contributed by atoms with E-state index in [1.54, 1.807) is 36.4 Å². The monoisotopic (exact) mass is 462 g/mol. The summed E-state index contributed by atoms with van der Waals surface area (Å²) in [4.78, 5) is 23.7. The topological polar surface area (TPSA) is 113 Å². The second-order valence-electron chi connectivity index (χ2n) is 7.13. The van der Waals surface area contributed by atoms with E-state index in [2.05, 4.69) is 0 Å². The van der Waals surface area contributed by atoms with Crippen molar-refractivity contribution in [2.24, 2.45) is 11.3 Å². The number of hydrogen-bond acceptors (Lipinski definition) is 5. The Labute approximate surface area is 189 Å². The summed E-state index contributed by atoms with van der Waals surface area (Å²) in [7, 11) is 0. The van der Waals surface area contributed by atoms with Crippen LogP contribution in [0, 0.1) is 32.8 Å². The molecule has 2 rings (SSSR count). The number of hydrogen-bond donors (Lipinski definition) is 1. The van der Waals surface area contributed by atoms with Gasteiger partial charge >= 0.3 is 5.97 Å². The van der Waals surface area contributed by atoms with Crippen LogP contribution in [-0.4, -0.2) is 22.0 Å². The Morgan fingerprint density at radius 3 is 2.29 bits per heavy atom. The van der Waals surface area contributed by atoms with Gasteiger partial charge in [0.05, 0.1) is 12.0 Å². The number of aliphatic carboxylic acids is 1. The van der Waals surface area contributed by atoms with Crippen molar-refractivity contribution in [1.29, 1.82) is 5.26 Å². The molecule has 0 radical (unpaired) electrons. The molecular formula is C22H20Cl2N2O5. The van der Waals surface area contributed by atoms with Crippen LogP contribution in [-0.2, 0) is 4.79 Å². The normalized spacial score (nSPS) is 14.6. The highest BCUT2D eigenvalue weighted by Gasteiger charge is 2.60. The van der Waals surface area contributed by atoms with Gasteiger partial charge in [0.25, 0.3) is 6.04 Å². The van der Waals surface area contributed by atoms with E-state index >= 15 is 0 Å². The molecule has 0 spiro atoms. The highest BCUT2D eigenvalue weighted by atomic mass is 35.5. The molecule has 3 unspecified atom stereocenters. The van der Waals surface area contributed by atoms with Crippen molar-refractivity contribution in [3.8, 4) is 17.6 Å². The molecule has 0 heterocycles. The van der Waals surface area contributed by atoms with E-state index in [1.165, 1.54) is 26.0 Å². The predicted molar refractivity (Wildman–Crippen MR) is 117 cm³/mol. The molecule has 162 valence electrons. The van der Waals surface area contributed by atoms with Gasteiger partial charge in [-0.1, -0.05) is 67.4 Å². The molecule has 0 amide bonds. The van der Waals surface area contributed by atoms with Gasteiger partial charge in [-0.05, 0) is 35.7 Å². The lowest BCUT2D eigenvalue weighted by Gasteiger charge is -2.37. The maximum atomic E-state index is 12.5. The summed E-state index contributed by atoms with van der Waals surface area (Å²) < 4.78 is 5.32. The largest absolute Gasteiger partial charge is 0.481 e. The minimum absolute atomic E-state index is 0.262. The molecule has 0 bridgehead atoms. The number of nitriles is 1. The molecule has 0 aliphatic heterocycles. The molecule has 2 aromatic carbocycles. The molecule has 0 aliphatic carbocycles. The van der Waals surface area contributed by atoms with Gasteiger partial charge in [-0.15, -0.1) is 0 Å². The number of carbonyl (C=O) groups is 1. The second kappa shape index (κ2) is 10.3. The van der Waals surface area contributed by atoms with Crippen LogP contribution in [0.3, 0.4) is 0 Å². The lowest BCUT2D eigenvalue weighted by Crippen LogP contribution is -2.53. The predicted octanol–water partition coefficient (Wildman–Crippen LogP) is 5.78. The van der Waals surface area contributed by atoms with Crippen LogP contribution < -0.4 is 4.74 Å². The van der Waals surface area contributed by atoms with Crippen molar-refractivity contribution in [2.75, 3.05) is 0 Å². The standard InChI is InChI=1S/C22H20Cl2N2O5/c1-14(2)22(21(27)28,19(26(29)30)12-20(23)24)18(13-25)15-7-6-10-17(11-15)31-16-8-4-3-5-9-16/h3-12,14,18-19H,1-2H3,(H,27,28). The maximum Gasteiger partial charge on any atom is 0.319 e. The van der Waals surface area contributed by atoms with E-state index in [-0.39, 0.29) is 5.56 Å². The quantitative estimate of drug-likeness (QED) is 0.373. The summed E-state index contributed by atoms with van der Waals surface area (Å²) in [6.07, 6.45) is 0.853. The number of carboxylic acids is 1. The fraction of sp³-hybridized carbons (Fsp3) is 0.273. The number of halogens is 2. The first kappa shape index (κ1) is 24.2. The average Bonchev–Trinajstić information content (AvgIpc) is 2.70. The van der Waals surface area contributed by atoms with Crippen molar-refractivity contribution in [2.45, 2.75) is 25.8 Å². The van der Waals surface area contributed by atoms with Gasteiger partial charge in [-0.3, -0.25) is 14.9 Å². The van der Waals surface area contributed by atoms with E-state index < -0.39 is 38.7 Å². The lowest BCUT2D eigenvalue weighted by atomic mass is 9.61. The Hall–Kier alpha value is -3.08. The van der Waals surface area contributed by atoms with Gasteiger partial charge in [0.1, 0.15) is 16.0 Å². The third-order valence-electron chi connectivity index (χ3n) is 5.10. The van der Waals surface area contributed by atoms with Gasteiger partial charge in [-0.25, -0.2) is 0 Å². The molecule has 0 aliphatic rings. The van der Waals surface area contributed by atoms with Gasteiger partial charge in [0.15, 0.2) is 5.41 Å². The highest BCUT2D eigenvalue weighted by Crippen LogP contribution is 2.48. The minimum Gasteiger partial charge on any atom is -0.481 e. The van der Waals surface area contributed by atoms with Gasteiger partial charge < -0.3 is 9.84 Å². The second-order valence-corrected chi connectivity index (χ2v) is 8.14. The first-order chi connectivity index (χ1) is 14.6. The summed E-state index contributed by atoms with van der Waals surface area (Å²) in [6.45, 7) is 3.02. The number of nitro groups is 1. The highest BCUT2D eigenvalue weighted by molar-refractivity contribution is 6.55. The van der Waals surface area contributed by atoms with Crippen LogP contribution in [0.25, 0.3) is 0 Å². The number of nitrogens with zero attached hydrogens (tertiary/aromatic N) is 2. The van der Waals surface area contributed by atoms with Crippen LogP contribution in [0.2, 0.25) is 0 Å². The van der Waals surface area contributed by atoms with E-state index in [0.29, 0.717) is 11.5 Å². The van der Waals surface area contributed by atoms with Crippen LogP contribution in [0.5, 0.6) is 11.5 Å². The number of para-hydroxylation sites is 1. The molecular weight excluding hydrogens is 443 g/mol. The van der Waals surface area contributed by atoms with Crippen molar-refractivity contribution in [3.05, 3.63) is 80.8 Å². The summed E-state index contributed by atoms with van der Waals surface area (Å²) in [6, 6.07) is 15.3. The molecule has 0 fully saturated rings. The molecule has 0 aromatic heterocycles. The van der Waals surface area contributed by atoms with E-state index in [4.69, 9.17) is 27.9 Å². The first-order valence-electron chi connectivity index (χ1n) is 9.26. The lowest BCUT2D eigenvalue weighted by molar-refractivity contribution is -0.528. The first-order valence-corrected chi connectivity index (χ1v) is 10.0. The van der Waals surface area contributed by atoms with Gasteiger partial charge in [0.2, 0.25) is 0 Å². The molecule has 9 heteroatoms. The summed E-state index contributed by atoms with van der Waals surface area (Å²) in [5.74, 6) is -2.83. The Morgan fingerprint density at radius 1 is 1.19 bits per heavy atom. The Morgan fingerprint density at radius 2 is 1.81 bits per heavy atom. The Balaban J connectivity index is 2.66. The molecule has 2 aromatic rings. The van der Waals surface area contributed by atoms with Crippen LogP contribution in [0.1, 0.15) is 25.3 Å². The SMILES string of the molecule is CC(C)C(C(=O)O)(C(C#N)c1cccc(Oc2ccccc2)c1)C(C=C(Cl)Cl)[N+](=O)[O-]. The number of rotatable bonds is 9. The van der Waals surface area contributed by atoms with Gasteiger partial charge in [-0.2, -0.15) is 5.26 Å². The summed E-state index contributed by atoms with van der Waals surface area (Å²) in [5.41, 5.74) is -1.89. The molecule has 7 nitrogen and oxygen atoms in total. The smallest absolute Gasteiger partial charge is 0.319 e. The molecule has 0 saturated heterocycles. The third-order valence-corrected chi connectivity index (χ3v) is 5.36. The number of carboxylic acid groups (broad SMARTS) is 1. The fourth-order valence-corrected chi connectivity index (χ4v) is 3.91. The van der Waals surface area contributed by atoms with Crippen LogP contribution in [0.4, 0.5) is 0 Å². The Bertz CT molecular complexity index is 1020. The minimum atomic E-state index is -2.15. The zero-order valence-corrected chi connectivity index (χ0v) is 18.2.